The van der Waals surface area contributed by atoms with Crippen LogP contribution in [-0.4, -0.2) is 33.5 Å². The van der Waals surface area contributed by atoms with E-state index >= 15 is 0 Å². The van der Waals surface area contributed by atoms with Crippen molar-refractivity contribution >= 4 is 52.8 Å². The van der Waals surface area contributed by atoms with Crippen molar-refractivity contribution in [3.8, 4) is 11.5 Å². The Labute approximate surface area is 232 Å². The Morgan fingerprint density at radius 2 is 0.946 bits per heavy atom. The maximum atomic E-state index is 5.40. The first-order valence-electron chi connectivity index (χ1n) is 12.6. The second kappa shape index (κ2) is 15.1. The monoisotopic (exact) mass is 526 g/mol. The van der Waals surface area contributed by atoms with Gasteiger partial charge in [0, 0.05) is 11.4 Å². The Bertz CT molecular complexity index is 1130. The lowest BCUT2D eigenvalue weighted by molar-refractivity contribution is 0.340. The molecule has 0 heterocycles. The summed E-state index contributed by atoms with van der Waals surface area (Å²) in [5.41, 5.74) is 4.51. The number of nitrogens with one attached hydrogen (secondary N) is 2. The van der Waals surface area contributed by atoms with E-state index in [1.807, 2.05) is 62.4 Å². The summed E-state index contributed by atoms with van der Waals surface area (Å²) in [5, 5.41) is 6.80. The van der Waals surface area contributed by atoms with Crippen molar-refractivity contribution in [1.82, 2.24) is 0 Å². The molecule has 0 fully saturated rings. The fraction of sp³-hybridized carbons (Fsp3) is 0.194. The smallest absolute Gasteiger partial charge is 0.323 e. The van der Waals surface area contributed by atoms with Crippen molar-refractivity contribution in [1.29, 1.82) is 0 Å². The van der Waals surface area contributed by atoms with Gasteiger partial charge >= 0.3 is 15.2 Å². The highest BCUT2D eigenvalue weighted by atomic mass is 32.1. The van der Waals surface area contributed by atoms with Crippen molar-refractivity contribution in [2.75, 3.05) is 23.8 Å². The second-order valence-electron chi connectivity index (χ2n) is 8.64. The molecule has 0 bridgehead atoms. The predicted molar refractivity (Wildman–Crippen MR) is 164 cm³/mol. The summed E-state index contributed by atoms with van der Waals surface area (Å²) in [5.74, 6) is 1.69. The standard InChI is InChI=1S/C17H20N2O2S.2C7H7.Al.H/c1-3-20-15-9-5-13(6-10-15)18-17(22)19-14-7-11-16(12-8-14)21-4-2;2*1-7-5-3-2-4-6-7;;/h5-12H,3-4H2,1-2H3,(H2,18,19,22);2*3-6H,1H3;;. The van der Waals surface area contributed by atoms with Crippen LogP contribution in [0.4, 0.5) is 11.4 Å². The summed E-state index contributed by atoms with van der Waals surface area (Å²) in [6.07, 6.45) is 0. The van der Waals surface area contributed by atoms with E-state index in [1.54, 1.807) is 0 Å². The van der Waals surface area contributed by atoms with Crippen molar-refractivity contribution in [3.63, 3.8) is 0 Å². The number of hydrogen-bond donors (Lipinski definition) is 2. The molecule has 4 aromatic rings. The summed E-state index contributed by atoms with van der Waals surface area (Å²) in [6, 6.07) is 33.2. The fourth-order valence-electron chi connectivity index (χ4n) is 3.54. The molecule has 0 saturated carbocycles. The average Bonchev–Trinajstić information content (AvgIpc) is 2.90. The van der Waals surface area contributed by atoms with Crippen LogP contribution >= 0.6 is 12.2 Å². The van der Waals surface area contributed by atoms with Crippen molar-refractivity contribution in [2.24, 2.45) is 0 Å². The molecule has 4 nitrogen and oxygen atoms in total. The normalized spacial score (nSPS) is 9.95. The average molecular weight is 527 g/mol. The Morgan fingerprint density at radius 3 is 1.27 bits per heavy atom. The van der Waals surface area contributed by atoms with Gasteiger partial charge in [0.1, 0.15) is 11.5 Å². The van der Waals surface area contributed by atoms with Crippen LogP contribution in [0.2, 0.25) is 0 Å². The van der Waals surface area contributed by atoms with Gasteiger partial charge in [0.2, 0.25) is 0 Å². The third kappa shape index (κ3) is 10.3. The minimum absolute atomic E-state index is 0.266. The van der Waals surface area contributed by atoms with Crippen molar-refractivity contribution in [2.45, 2.75) is 27.7 Å². The van der Waals surface area contributed by atoms with Crippen LogP contribution in [-0.2, 0) is 0 Å². The van der Waals surface area contributed by atoms with Gasteiger partial charge in [-0.3, -0.25) is 0 Å². The molecule has 0 radical (unpaired) electrons. The quantitative estimate of drug-likeness (QED) is 0.218. The van der Waals surface area contributed by atoms with Crippen LogP contribution in [0.5, 0.6) is 11.5 Å². The van der Waals surface area contributed by atoms with Gasteiger partial charge in [0.25, 0.3) is 0 Å². The SMILES string of the molecule is CCOc1ccc(NC(=S)Nc2ccc(OCC)cc2)cc1.Cc1cc[c]([AlH][c]2ccc(C)cc2)cc1. The molecule has 0 aromatic heterocycles. The van der Waals surface area contributed by atoms with Crippen LogP contribution in [0.3, 0.4) is 0 Å². The lowest BCUT2D eigenvalue weighted by atomic mass is 10.2. The summed E-state index contributed by atoms with van der Waals surface area (Å²) in [4.78, 5) is 0. The first-order valence-corrected chi connectivity index (χ1v) is 14.4. The first kappa shape index (κ1) is 28.3. The Balaban J connectivity index is 0.000000220. The molecule has 0 aliphatic heterocycles. The van der Waals surface area contributed by atoms with Crippen LogP contribution < -0.4 is 29.0 Å². The summed E-state index contributed by atoms with van der Waals surface area (Å²) in [7, 11) is 0. The third-order valence-corrected chi connectivity index (χ3v) is 7.46. The molecular formula is C31H35AlN2O2S. The molecule has 4 rings (SSSR count). The highest BCUT2D eigenvalue weighted by molar-refractivity contribution is 7.80. The molecule has 0 unspecified atom stereocenters. The Morgan fingerprint density at radius 1 is 0.595 bits per heavy atom. The van der Waals surface area contributed by atoms with Crippen molar-refractivity contribution < 1.29 is 9.47 Å². The number of aryl methyl sites for hydroxylation is 2. The van der Waals surface area contributed by atoms with Crippen LogP contribution in [0.15, 0.2) is 97.1 Å². The largest absolute Gasteiger partial charge is 0.494 e. The van der Waals surface area contributed by atoms with E-state index in [2.05, 4.69) is 73.0 Å². The van der Waals surface area contributed by atoms with E-state index in [-0.39, 0.29) is 15.2 Å². The number of benzene rings is 4. The number of rotatable bonds is 8. The fourth-order valence-corrected chi connectivity index (χ4v) is 5.19. The number of anilines is 2. The molecule has 0 amide bonds. The van der Waals surface area contributed by atoms with E-state index in [4.69, 9.17) is 21.7 Å². The third-order valence-electron chi connectivity index (χ3n) is 5.50. The molecule has 2 N–H and O–H groups in total. The molecule has 0 spiro atoms. The molecule has 0 aliphatic carbocycles. The first-order chi connectivity index (χ1) is 17.9. The number of hydrogen-bond acceptors (Lipinski definition) is 3. The van der Waals surface area contributed by atoms with Gasteiger partial charge in [0.05, 0.1) is 13.2 Å². The molecule has 190 valence electrons. The van der Waals surface area contributed by atoms with Gasteiger partial charge in [-0.15, -0.1) is 8.85 Å². The highest BCUT2D eigenvalue weighted by Crippen LogP contribution is 2.18. The molecular weight excluding hydrogens is 491 g/mol. The minimum atomic E-state index is -0.266. The number of thiocarbonyl (C=S) groups is 1. The molecule has 0 saturated heterocycles. The zero-order valence-corrected chi connectivity index (χ0v) is 24.3. The van der Waals surface area contributed by atoms with Gasteiger partial charge in [0.15, 0.2) is 5.11 Å². The van der Waals surface area contributed by atoms with Gasteiger partial charge < -0.3 is 20.1 Å². The summed E-state index contributed by atoms with van der Waals surface area (Å²) in [6.45, 7) is 9.51. The Hall–Kier alpha value is -3.30. The van der Waals surface area contributed by atoms with Crippen LogP contribution in [0.25, 0.3) is 0 Å². The van der Waals surface area contributed by atoms with Gasteiger partial charge in [-0.05, 0) is 88.4 Å². The molecule has 4 aromatic carbocycles. The van der Waals surface area contributed by atoms with Gasteiger partial charge in [-0.25, -0.2) is 0 Å². The van der Waals surface area contributed by atoms with E-state index in [9.17, 15) is 0 Å². The maximum Gasteiger partial charge on any atom is 0.323 e. The number of ether oxygens (including phenoxy) is 2. The molecule has 37 heavy (non-hydrogen) atoms. The molecule has 0 aliphatic rings. The van der Waals surface area contributed by atoms with E-state index in [1.165, 1.54) is 20.0 Å². The summed E-state index contributed by atoms with van der Waals surface area (Å²) < 4.78 is 13.8. The van der Waals surface area contributed by atoms with Gasteiger partial charge in [-0.1, -0.05) is 59.7 Å². The van der Waals surface area contributed by atoms with E-state index in [0.717, 1.165) is 22.9 Å². The minimum Gasteiger partial charge on any atom is -0.494 e. The zero-order chi connectivity index (χ0) is 26.5. The topological polar surface area (TPSA) is 42.5 Å². The molecule has 6 heteroatoms. The van der Waals surface area contributed by atoms with Crippen molar-refractivity contribution in [3.05, 3.63) is 108 Å². The van der Waals surface area contributed by atoms with E-state index in [0.29, 0.717) is 18.3 Å². The zero-order valence-electron chi connectivity index (χ0n) is 22.1. The maximum absolute atomic E-state index is 5.40. The lowest BCUT2D eigenvalue weighted by Crippen LogP contribution is -2.26. The highest BCUT2D eigenvalue weighted by Gasteiger charge is 2.01. The summed E-state index contributed by atoms with van der Waals surface area (Å²) >= 11 is 5.04. The second-order valence-corrected chi connectivity index (χ2v) is 11.0. The lowest BCUT2D eigenvalue weighted by Gasteiger charge is -2.12. The predicted octanol–water partition coefficient (Wildman–Crippen LogP) is 5.98. The van der Waals surface area contributed by atoms with Crippen LogP contribution in [0.1, 0.15) is 25.0 Å². The van der Waals surface area contributed by atoms with E-state index < -0.39 is 0 Å². The van der Waals surface area contributed by atoms with Crippen LogP contribution in [0, 0.1) is 13.8 Å². The Kier molecular flexibility index (Phi) is 11.5. The molecule has 0 atom stereocenters. The van der Waals surface area contributed by atoms with Gasteiger partial charge in [-0.2, -0.15) is 0 Å².